The zero-order chi connectivity index (χ0) is 12.5. The van der Waals surface area contributed by atoms with Crippen LogP contribution in [0.25, 0.3) is 0 Å². The second-order valence-electron chi connectivity index (χ2n) is 5.19. The summed E-state index contributed by atoms with van der Waals surface area (Å²) in [5, 5.41) is 9.20. The Morgan fingerprint density at radius 1 is 1.33 bits per heavy atom. The summed E-state index contributed by atoms with van der Waals surface area (Å²) in [5.41, 5.74) is 2.19. The summed E-state index contributed by atoms with van der Waals surface area (Å²) < 4.78 is 0. The van der Waals surface area contributed by atoms with Crippen LogP contribution in [0.4, 0.5) is 0 Å². The van der Waals surface area contributed by atoms with Crippen LogP contribution in [-0.2, 0) is 0 Å². The van der Waals surface area contributed by atoms with E-state index >= 15 is 0 Å². The molecule has 1 unspecified atom stereocenters. The van der Waals surface area contributed by atoms with Crippen LogP contribution in [-0.4, -0.2) is 28.9 Å². The average molecular weight is 243 g/mol. The first-order valence-electron chi connectivity index (χ1n) is 6.49. The molecule has 1 N–H and O–H groups in total. The molecule has 0 aromatic heterocycles. The van der Waals surface area contributed by atoms with E-state index in [4.69, 9.17) is 0 Å². The molecule has 3 nitrogen and oxygen atoms in total. The number of ketones is 1. The van der Waals surface area contributed by atoms with Gasteiger partial charge in [0.1, 0.15) is 5.75 Å². The molecule has 0 spiro atoms. The zero-order valence-corrected chi connectivity index (χ0v) is 10.3. The predicted molar refractivity (Wildman–Crippen MR) is 69.4 cm³/mol. The zero-order valence-electron chi connectivity index (χ0n) is 10.3. The second-order valence-corrected chi connectivity index (χ2v) is 5.19. The molecule has 94 valence electrons. The molecule has 0 saturated heterocycles. The fourth-order valence-corrected chi connectivity index (χ4v) is 2.92. The maximum Gasteiger partial charge on any atom is 0.182 e. The lowest BCUT2D eigenvalue weighted by molar-refractivity contribution is 0.0956. The number of rotatable bonds is 3. The average Bonchev–Trinajstić information content (AvgIpc) is 2.90. The van der Waals surface area contributed by atoms with Crippen molar-refractivity contribution in [2.75, 3.05) is 13.1 Å². The third-order valence-corrected chi connectivity index (χ3v) is 3.88. The van der Waals surface area contributed by atoms with Gasteiger partial charge in [0.25, 0.3) is 0 Å². The molecule has 1 aliphatic heterocycles. The topological polar surface area (TPSA) is 40.5 Å². The summed E-state index contributed by atoms with van der Waals surface area (Å²) >= 11 is 0. The van der Waals surface area contributed by atoms with E-state index in [0.29, 0.717) is 18.0 Å². The standard InChI is InChI=1S/C15H17NO2/c17-14-6-4-11(5-7-14)15(18)10-16-8-12-2-1-3-13(12)9-16/h4-8,13,17H,1-3,9-10H2. The molecular weight excluding hydrogens is 226 g/mol. The SMILES string of the molecule is O=C(CN1C=C2CCCC2C1)c1ccc(O)cc1. The molecule has 3 rings (SSSR count). The Kier molecular flexibility index (Phi) is 2.82. The number of phenols is 1. The molecule has 1 saturated carbocycles. The van der Waals surface area contributed by atoms with Gasteiger partial charge in [0, 0.05) is 12.1 Å². The van der Waals surface area contributed by atoms with Crippen molar-refractivity contribution in [1.29, 1.82) is 0 Å². The highest BCUT2D eigenvalue weighted by Gasteiger charge is 2.29. The van der Waals surface area contributed by atoms with Gasteiger partial charge in [-0.05, 0) is 61.2 Å². The number of hydrogen-bond donors (Lipinski definition) is 1. The van der Waals surface area contributed by atoms with Crippen LogP contribution < -0.4 is 0 Å². The van der Waals surface area contributed by atoms with Gasteiger partial charge in [0.15, 0.2) is 5.78 Å². The Morgan fingerprint density at radius 3 is 2.83 bits per heavy atom. The van der Waals surface area contributed by atoms with E-state index in [1.807, 2.05) is 0 Å². The van der Waals surface area contributed by atoms with Crippen molar-refractivity contribution in [3.8, 4) is 5.75 Å². The molecule has 1 aromatic carbocycles. The number of aromatic hydroxyl groups is 1. The van der Waals surface area contributed by atoms with Crippen LogP contribution >= 0.6 is 0 Å². The lowest BCUT2D eigenvalue weighted by Crippen LogP contribution is -2.25. The molecular formula is C15H17NO2. The largest absolute Gasteiger partial charge is 0.508 e. The number of carbonyl (C=O) groups is 1. The molecule has 2 aliphatic rings. The number of carbonyl (C=O) groups excluding carboxylic acids is 1. The fraction of sp³-hybridized carbons (Fsp3) is 0.400. The Hall–Kier alpha value is -1.77. The van der Waals surface area contributed by atoms with Gasteiger partial charge in [-0.25, -0.2) is 0 Å². The minimum absolute atomic E-state index is 0.117. The molecule has 3 heteroatoms. The fourth-order valence-electron chi connectivity index (χ4n) is 2.92. The highest BCUT2D eigenvalue weighted by atomic mass is 16.3. The third kappa shape index (κ3) is 2.13. The van der Waals surface area contributed by atoms with Gasteiger partial charge in [-0.1, -0.05) is 0 Å². The predicted octanol–water partition coefficient (Wildman–Crippen LogP) is 2.57. The van der Waals surface area contributed by atoms with Crippen molar-refractivity contribution in [1.82, 2.24) is 4.90 Å². The van der Waals surface area contributed by atoms with Gasteiger partial charge in [0.05, 0.1) is 6.54 Å². The van der Waals surface area contributed by atoms with Gasteiger partial charge < -0.3 is 10.0 Å². The summed E-state index contributed by atoms with van der Waals surface area (Å²) in [6, 6.07) is 6.48. The molecule has 0 radical (unpaired) electrons. The minimum atomic E-state index is 0.117. The summed E-state index contributed by atoms with van der Waals surface area (Å²) in [4.78, 5) is 14.2. The molecule has 1 aliphatic carbocycles. The maximum atomic E-state index is 12.1. The van der Waals surface area contributed by atoms with Crippen molar-refractivity contribution in [2.24, 2.45) is 5.92 Å². The van der Waals surface area contributed by atoms with E-state index in [9.17, 15) is 9.90 Å². The number of benzene rings is 1. The van der Waals surface area contributed by atoms with Crippen LogP contribution in [0.2, 0.25) is 0 Å². The van der Waals surface area contributed by atoms with Crippen molar-refractivity contribution < 1.29 is 9.90 Å². The summed E-state index contributed by atoms with van der Waals surface area (Å²) in [6.07, 6.45) is 5.95. The van der Waals surface area contributed by atoms with Crippen LogP contribution in [0.3, 0.4) is 0 Å². The van der Waals surface area contributed by atoms with Crippen LogP contribution in [0.1, 0.15) is 29.6 Å². The highest BCUT2D eigenvalue weighted by Crippen LogP contribution is 2.36. The third-order valence-electron chi connectivity index (χ3n) is 3.88. The van der Waals surface area contributed by atoms with Crippen molar-refractivity contribution >= 4 is 5.78 Å². The lowest BCUT2D eigenvalue weighted by atomic mass is 10.1. The van der Waals surface area contributed by atoms with Gasteiger partial charge in [-0.15, -0.1) is 0 Å². The number of nitrogens with zero attached hydrogens (tertiary/aromatic N) is 1. The first-order chi connectivity index (χ1) is 8.72. The van der Waals surface area contributed by atoms with Crippen LogP contribution in [0, 0.1) is 5.92 Å². The highest BCUT2D eigenvalue weighted by molar-refractivity contribution is 5.97. The monoisotopic (exact) mass is 243 g/mol. The minimum Gasteiger partial charge on any atom is -0.508 e. The van der Waals surface area contributed by atoms with E-state index in [1.54, 1.807) is 24.3 Å². The number of fused-ring (bicyclic) bond motifs is 1. The van der Waals surface area contributed by atoms with E-state index in [2.05, 4.69) is 11.1 Å². The molecule has 0 amide bonds. The summed E-state index contributed by atoms with van der Waals surface area (Å²) in [7, 11) is 0. The smallest absolute Gasteiger partial charge is 0.182 e. The Balaban J connectivity index is 1.65. The second kappa shape index (κ2) is 4.48. The number of phenolic OH excluding ortho intramolecular Hbond substituents is 1. The summed E-state index contributed by atoms with van der Waals surface area (Å²) in [6.45, 7) is 1.45. The van der Waals surface area contributed by atoms with Crippen molar-refractivity contribution in [3.05, 3.63) is 41.6 Å². The van der Waals surface area contributed by atoms with Crippen molar-refractivity contribution in [2.45, 2.75) is 19.3 Å². The molecule has 18 heavy (non-hydrogen) atoms. The first kappa shape index (κ1) is 11.3. The first-order valence-corrected chi connectivity index (χ1v) is 6.49. The van der Waals surface area contributed by atoms with Gasteiger partial charge in [-0.2, -0.15) is 0 Å². The van der Waals surface area contributed by atoms with Gasteiger partial charge in [0.2, 0.25) is 0 Å². The Morgan fingerprint density at radius 2 is 2.11 bits per heavy atom. The Labute approximate surface area is 107 Å². The lowest BCUT2D eigenvalue weighted by Gasteiger charge is -2.16. The van der Waals surface area contributed by atoms with E-state index in [1.165, 1.54) is 24.8 Å². The molecule has 1 heterocycles. The van der Waals surface area contributed by atoms with Crippen LogP contribution in [0.15, 0.2) is 36.0 Å². The number of hydrogen-bond acceptors (Lipinski definition) is 3. The Bertz CT molecular complexity index is 490. The molecule has 1 atom stereocenters. The van der Waals surface area contributed by atoms with Gasteiger partial charge >= 0.3 is 0 Å². The van der Waals surface area contributed by atoms with Crippen molar-refractivity contribution in [3.63, 3.8) is 0 Å². The normalized spacial score (nSPS) is 21.9. The van der Waals surface area contributed by atoms with E-state index in [-0.39, 0.29) is 11.5 Å². The summed E-state index contributed by atoms with van der Waals surface area (Å²) in [5.74, 6) is 1.01. The van der Waals surface area contributed by atoms with Crippen LogP contribution in [0.5, 0.6) is 5.75 Å². The molecule has 1 aromatic rings. The molecule has 1 fully saturated rings. The van der Waals surface area contributed by atoms with E-state index in [0.717, 1.165) is 6.54 Å². The maximum absolute atomic E-state index is 12.1. The molecule has 0 bridgehead atoms. The number of Topliss-reactive ketones (excluding diaryl/α,β-unsaturated/α-hetero) is 1. The van der Waals surface area contributed by atoms with Gasteiger partial charge in [-0.3, -0.25) is 4.79 Å². The van der Waals surface area contributed by atoms with E-state index < -0.39 is 0 Å². The quantitative estimate of drug-likeness (QED) is 0.829.